The van der Waals surface area contributed by atoms with Crippen LogP contribution >= 0.6 is 12.2 Å². The van der Waals surface area contributed by atoms with Crippen LogP contribution in [0, 0.1) is 5.92 Å². The van der Waals surface area contributed by atoms with Crippen molar-refractivity contribution in [3.63, 3.8) is 0 Å². The van der Waals surface area contributed by atoms with E-state index in [9.17, 15) is 0 Å². The Balaban J connectivity index is 2.81. The van der Waals surface area contributed by atoms with Crippen LogP contribution in [0.25, 0.3) is 0 Å². The van der Waals surface area contributed by atoms with Gasteiger partial charge in [0.1, 0.15) is 5.49 Å². The molecule has 41 valence electrons. The van der Waals surface area contributed by atoms with E-state index in [1.807, 2.05) is 0 Å². The summed E-state index contributed by atoms with van der Waals surface area (Å²) in [6, 6.07) is 0. The van der Waals surface area contributed by atoms with Crippen LogP contribution in [0.5, 0.6) is 0 Å². The first-order chi connectivity index (χ1) is 3.27. The average Bonchev–Trinajstić information content (AvgIpc) is 1.61. The van der Waals surface area contributed by atoms with Crippen LogP contribution in [-0.4, -0.2) is 12.0 Å². The Hall–Kier alpha value is -0.110. The molecule has 0 aromatic heterocycles. The second-order valence-corrected chi connectivity index (χ2v) is 2.08. The molecule has 0 aliphatic heterocycles. The molecular weight excluding hydrogens is 106 g/mol. The van der Waals surface area contributed by atoms with Gasteiger partial charge >= 0.3 is 0 Å². The van der Waals surface area contributed by atoms with E-state index in [4.69, 9.17) is 0 Å². The summed E-state index contributed by atoms with van der Waals surface area (Å²) >= 11 is 4.41. The van der Waals surface area contributed by atoms with Crippen LogP contribution in [0.2, 0.25) is 0 Å². The highest BCUT2D eigenvalue weighted by atomic mass is 32.1. The molecule has 0 unspecified atom stereocenters. The molecule has 1 radical (unpaired) electrons. The minimum atomic E-state index is 0.662. The summed E-state index contributed by atoms with van der Waals surface area (Å²) in [5.74, 6) is 0.662. The van der Waals surface area contributed by atoms with Crippen LogP contribution in [0.4, 0.5) is 0 Å². The monoisotopic (exact) mass is 116 g/mol. The van der Waals surface area contributed by atoms with Crippen molar-refractivity contribution in [1.29, 1.82) is 0 Å². The van der Waals surface area contributed by atoms with Gasteiger partial charge in [0.2, 0.25) is 0 Å². The molecule has 0 spiro atoms. The van der Waals surface area contributed by atoms with Crippen molar-refractivity contribution < 1.29 is 0 Å². The predicted octanol–water partition coefficient (Wildman–Crippen LogP) is 1.07. The van der Waals surface area contributed by atoms with E-state index in [-0.39, 0.29) is 0 Å². The first-order valence-corrected chi connectivity index (χ1v) is 2.78. The van der Waals surface area contributed by atoms with Gasteiger partial charge in [-0.05, 0) is 5.92 Å². The van der Waals surface area contributed by atoms with Crippen molar-refractivity contribution in [2.45, 2.75) is 13.8 Å². The number of rotatable bonds is 3. The lowest BCUT2D eigenvalue weighted by atomic mass is 10.2. The molecule has 0 aromatic carbocycles. The van der Waals surface area contributed by atoms with Crippen molar-refractivity contribution in [1.82, 2.24) is 5.32 Å². The third-order valence-electron chi connectivity index (χ3n) is 0.582. The van der Waals surface area contributed by atoms with Crippen molar-refractivity contribution in [3.05, 3.63) is 0 Å². The Morgan fingerprint density at radius 2 is 2.29 bits per heavy atom. The van der Waals surface area contributed by atoms with Crippen LogP contribution in [0.3, 0.4) is 0 Å². The van der Waals surface area contributed by atoms with Crippen molar-refractivity contribution in [2.75, 3.05) is 6.54 Å². The maximum Gasteiger partial charge on any atom is 0.134 e. The van der Waals surface area contributed by atoms with Crippen LogP contribution in [0.15, 0.2) is 0 Å². The molecule has 0 saturated carbocycles. The third kappa shape index (κ3) is 5.89. The standard InChI is InChI=1S/C5H10NS/c1-5(2)3-6-4-7/h5H,3H2,1-2H3,(H,6,7). The third-order valence-corrected chi connectivity index (χ3v) is 0.727. The Morgan fingerprint density at radius 3 is 2.43 bits per heavy atom. The zero-order chi connectivity index (χ0) is 5.70. The van der Waals surface area contributed by atoms with Crippen LogP contribution < -0.4 is 5.32 Å². The fraction of sp³-hybridized carbons (Fsp3) is 0.800. The summed E-state index contributed by atoms with van der Waals surface area (Å²) in [7, 11) is 0. The molecule has 0 rings (SSSR count). The van der Waals surface area contributed by atoms with Gasteiger partial charge < -0.3 is 5.32 Å². The highest BCUT2D eigenvalue weighted by Gasteiger charge is 1.86. The molecule has 0 aliphatic carbocycles. The zero-order valence-corrected chi connectivity index (χ0v) is 5.51. The first-order valence-electron chi connectivity index (χ1n) is 2.37. The highest BCUT2D eigenvalue weighted by Crippen LogP contribution is 1.84. The summed E-state index contributed by atoms with van der Waals surface area (Å²) in [6.07, 6.45) is 0. The lowest BCUT2D eigenvalue weighted by molar-refractivity contribution is 0.631. The van der Waals surface area contributed by atoms with Gasteiger partial charge in [-0.15, -0.1) is 0 Å². The van der Waals surface area contributed by atoms with E-state index in [0.717, 1.165) is 6.54 Å². The van der Waals surface area contributed by atoms with E-state index in [0.29, 0.717) is 5.92 Å². The number of nitrogens with one attached hydrogen (secondary N) is 1. The molecule has 0 aromatic rings. The molecule has 7 heavy (non-hydrogen) atoms. The molecule has 0 fully saturated rings. The predicted molar refractivity (Wildman–Crippen MR) is 35.4 cm³/mol. The molecule has 1 nitrogen and oxygen atoms in total. The molecule has 0 heterocycles. The summed E-state index contributed by atoms with van der Waals surface area (Å²) in [6.45, 7) is 5.18. The van der Waals surface area contributed by atoms with Gasteiger partial charge in [0.25, 0.3) is 0 Å². The topological polar surface area (TPSA) is 12.0 Å². The minimum absolute atomic E-state index is 0.662. The average molecular weight is 116 g/mol. The number of hydrogen-bond donors (Lipinski definition) is 1. The highest BCUT2D eigenvalue weighted by molar-refractivity contribution is 7.78. The lowest BCUT2D eigenvalue weighted by Crippen LogP contribution is -2.15. The second-order valence-electron chi connectivity index (χ2n) is 1.88. The molecule has 0 atom stereocenters. The first kappa shape index (κ1) is 6.89. The van der Waals surface area contributed by atoms with Gasteiger partial charge in [-0.1, -0.05) is 26.1 Å². The van der Waals surface area contributed by atoms with Crippen molar-refractivity contribution in [3.8, 4) is 0 Å². The Bertz CT molecular complexity index is 52.0. The van der Waals surface area contributed by atoms with E-state index >= 15 is 0 Å². The normalized spacial score (nSPS) is 9.00. The smallest absolute Gasteiger partial charge is 0.134 e. The summed E-state index contributed by atoms with van der Waals surface area (Å²) in [5.41, 5.74) is 2.43. The summed E-state index contributed by atoms with van der Waals surface area (Å²) in [5, 5.41) is 2.81. The van der Waals surface area contributed by atoms with E-state index < -0.39 is 0 Å². The van der Waals surface area contributed by atoms with E-state index in [2.05, 4.69) is 36.9 Å². The van der Waals surface area contributed by atoms with Crippen molar-refractivity contribution in [2.24, 2.45) is 5.92 Å². The quantitative estimate of drug-likeness (QED) is 0.437. The van der Waals surface area contributed by atoms with Crippen LogP contribution in [0.1, 0.15) is 13.8 Å². The Labute approximate surface area is 50.1 Å². The largest absolute Gasteiger partial charge is 0.374 e. The SMILES string of the molecule is CC(C)CN[C]=S. The van der Waals surface area contributed by atoms with E-state index in [1.54, 1.807) is 0 Å². The van der Waals surface area contributed by atoms with Crippen molar-refractivity contribution >= 4 is 17.7 Å². The minimum Gasteiger partial charge on any atom is -0.374 e. The maximum absolute atomic E-state index is 4.41. The molecule has 0 saturated heterocycles. The van der Waals surface area contributed by atoms with Gasteiger partial charge in [0.15, 0.2) is 0 Å². The van der Waals surface area contributed by atoms with Gasteiger partial charge in [-0.3, -0.25) is 0 Å². The molecule has 2 heteroatoms. The van der Waals surface area contributed by atoms with Gasteiger partial charge in [-0.2, -0.15) is 0 Å². The maximum atomic E-state index is 4.41. The summed E-state index contributed by atoms with van der Waals surface area (Å²) in [4.78, 5) is 0. The molecule has 0 bridgehead atoms. The fourth-order valence-electron chi connectivity index (χ4n) is 0.246. The summed E-state index contributed by atoms with van der Waals surface area (Å²) < 4.78 is 0. The Kier molecular flexibility index (Phi) is 4.00. The van der Waals surface area contributed by atoms with E-state index in [1.165, 1.54) is 0 Å². The Morgan fingerprint density at radius 1 is 1.71 bits per heavy atom. The molecule has 1 N–H and O–H groups in total. The van der Waals surface area contributed by atoms with Gasteiger partial charge in [0, 0.05) is 6.54 Å². The molecule has 0 aliphatic rings. The molecular formula is C5H10NS. The van der Waals surface area contributed by atoms with Gasteiger partial charge in [0.05, 0.1) is 0 Å². The second kappa shape index (κ2) is 4.06. The zero-order valence-electron chi connectivity index (χ0n) is 4.69. The number of thiocarbonyl (C=S) groups is 1. The molecule has 0 amide bonds. The van der Waals surface area contributed by atoms with Crippen LogP contribution in [-0.2, 0) is 0 Å². The lowest BCUT2D eigenvalue weighted by Gasteiger charge is -1.99. The number of hydrogen-bond acceptors (Lipinski definition) is 1. The van der Waals surface area contributed by atoms with Gasteiger partial charge in [-0.25, -0.2) is 0 Å². The fourth-order valence-corrected chi connectivity index (χ4v) is 0.329.